The SMILES string of the molecule is CC(C)c1cc(C(C)C)c2oc3ccccc3c2c1-n1ccnc1-c1[c-]cccc1.CC(C)c1cccc(C(C)C)c1Cn1ccnc1-c1[c-]cccc1.[Ir]. The first-order valence-electron chi connectivity index (χ1n) is 19.2. The van der Waals surface area contributed by atoms with Crippen LogP contribution in [0.15, 0.2) is 126 Å². The molecule has 1 radical (unpaired) electrons. The van der Waals surface area contributed by atoms with Crippen LogP contribution in [0.5, 0.6) is 0 Å². The first-order valence-corrected chi connectivity index (χ1v) is 19.2. The zero-order valence-electron chi connectivity index (χ0n) is 33.1. The monoisotopic (exact) mass is 903 g/mol. The molecule has 8 rings (SSSR count). The fourth-order valence-corrected chi connectivity index (χ4v) is 7.55. The molecule has 8 aromatic rings. The average molecular weight is 903 g/mol. The summed E-state index contributed by atoms with van der Waals surface area (Å²) in [6.45, 7) is 18.9. The molecule has 0 unspecified atom stereocenters. The van der Waals surface area contributed by atoms with Gasteiger partial charge in [-0.05, 0) is 63.6 Å². The molecular formula is C49H50IrN4O-2. The van der Waals surface area contributed by atoms with Crippen LogP contribution in [0.4, 0.5) is 0 Å². The second-order valence-electron chi connectivity index (χ2n) is 15.3. The van der Waals surface area contributed by atoms with Crippen molar-refractivity contribution in [3.05, 3.63) is 162 Å². The third-order valence-corrected chi connectivity index (χ3v) is 10.2. The van der Waals surface area contributed by atoms with E-state index in [0.29, 0.717) is 23.7 Å². The molecule has 3 heterocycles. The number of rotatable bonds is 9. The van der Waals surface area contributed by atoms with Crippen molar-refractivity contribution in [3.63, 3.8) is 0 Å². The second-order valence-corrected chi connectivity index (χ2v) is 15.3. The summed E-state index contributed by atoms with van der Waals surface area (Å²) in [6.07, 6.45) is 7.86. The van der Waals surface area contributed by atoms with E-state index in [9.17, 15) is 0 Å². The molecule has 0 amide bonds. The van der Waals surface area contributed by atoms with Gasteiger partial charge in [-0.3, -0.25) is 9.97 Å². The van der Waals surface area contributed by atoms with Gasteiger partial charge in [-0.2, -0.15) is 0 Å². The molecule has 55 heavy (non-hydrogen) atoms. The van der Waals surface area contributed by atoms with Crippen LogP contribution in [-0.2, 0) is 26.7 Å². The van der Waals surface area contributed by atoms with E-state index in [1.807, 2.05) is 61.1 Å². The van der Waals surface area contributed by atoms with E-state index >= 15 is 0 Å². The molecule has 0 saturated heterocycles. The smallest absolute Gasteiger partial charge is 0.140 e. The average Bonchev–Trinajstić information content (AvgIpc) is 3.94. The number of furan rings is 1. The summed E-state index contributed by atoms with van der Waals surface area (Å²) in [4.78, 5) is 9.26. The summed E-state index contributed by atoms with van der Waals surface area (Å²) < 4.78 is 10.9. The van der Waals surface area contributed by atoms with Crippen LogP contribution in [0.3, 0.4) is 0 Å². The summed E-state index contributed by atoms with van der Waals surface area (Å²) in [5.74, 6) is 3.60. The minimum absolute atomic E-state index is 0. The van der Waals surface area contributed by atoms with E-state index in [0.717, 1.165) is 56.9 Å². The van der Waals surface area contributed by atoms with Crippen molar-refractivity contribution in [2.24, 2.45) is 0 Å². The van der Waals surface area contributed by atoms with E-state index in [4.69, 9.17) is 9.40 Å². The van der Waals surface area contributed by atoms with Crippen molar-refractivity contribution in [2.45, 2.75) is 85.6 Å². The first kappa shape index (κ1) is 39.7. The van der Waals surface area contributed by atoms with Gasteiger partial charge in [0.05, 0.1) is 22.7 Å². The Bertz CT molecular complexity index is 2460. The van der Waals surface area contributed by atoms with Crippen molar-refractivity contribution in [3.8, 4) is 28.5 Å². The number of hydrogen-bond acceptors (Lipinski definition) is 3. The van der Waals surface area contributed by atoms with Gasteiger partial charge in [0.2, 0.25) is 0 Å². The molecule has 0 N–H and O–H groups in total. The van der Waals surface area contributed by atoms with Crippen LogP contribution in [0.2, 0.25) is 0 Å². The van der Waals surface area contributed by atoms with Crippen molar-refractivity contribution < 1.29 is 24.5 Å². The van der Waals surface area contributed by atoms with Crippen LogP contribution in [-0.4, -0.2) is 19.1 Å². The Morgan fingerprint density at radius 3 is 1.76 bits per heavy atom. The summed E-state index contributed by atoms with van der Waals surface area (Å²) in [5, 5.41) is 2.30. The van der Waals surface area contributed by atoms with Crippen LogP contribution in [0, 0.1) is 12.1 Å². The maximum absolute atomic E-state index is 6.42. The Hall–Kier alpha value is -5.03. The predicted octanol–water partition coefficient (Wildman–Crippen LogP) is 13.1. The van der Waals surface area contributed by atoms with Crippen molar-refractivity contribution in [1.82, 2.24) is 19.1 Å². The minimum atomic E-state index is 0. The number of fused-ring (bicyclic) bond motifs is 3. The molecule has 3 aromatic heterocycles. The number of nitrogens with zero attached hydrogens (tertiary/aromatic N) is 4. The van der Waals surface area contributed by atoms with E-state index in [-0.39, 0.29) is 20.1 Å². The van der Waals surface area contributed by atoms with Crippen molar-refractivity contribution in [1.29, 1.82) is 0 Å². The van der Waals surface area contributed by atoms with Gasteiger partial charge >= 0.3 is 0 Å². The predicted molar refractivity (Wildman–Crippen MR) is 224 cm³/mol. The number of benzene rings is 5. The molecule has 283 valence electrons. The summed E-state index contributed by atoms with van der Waals surface area (Å²) >= 11 is 0. The molecule has 0 atom stereocenters. The summed E-state index contributed by atoms with van der Waals surface area (Å²) in [5.41, 5.74) is 11.9. The van der Waals surface area contributed by atoms with E-state index in [1.165, 1.54) is 27.8 Å². The Kier molecular flexibility index (Phi) is 12.4. The summed E-state index contributed by atoms with van der Waals surface area (Å²) in [6, 6.07) is 40.0. The van der Waals surface area contributed by atoms with Gasteiger partial charge in [-0.1, -0.05) is 91.8 Å². The van der Waals surface area contributed by atoms with Gasteiger partial charge in [-0.25, -0.2) is 0 Å². The number of aromatic nitrogens is 4. The Morgan fingerprint density at radius 1 is 0.600 bits per heavy atom. The second kappa shape index (κ2) is 17.2. The van der Waals surface area contributed by atoms with E-state index < -0.39 is 0 Å². The molecule has 0 aliphatic carbocycles. The zero-order chi connectivity index (χ0) is 37.9. The number of hydrogen-bond donors (Lipinski definition) is 0. The Balaban J connectivity index is 0.000000188. The zero-order valence-corrected chi connectivity index (χ0v) is 35.5. The van der Waals surface area contributed by atoms with Crippen LogP contribution in [0.1, 0.15) is 107 Å². The van der Waals surface area contributed by atoms with Gasteiger partial charge in [-0.15, -0.1) is 71.8 Å². The molecule has 0 saturated carbocycles. The Morgan fingerprint density at radius 2 is 1.16 bits per heavy atom. The fourth-order valence-electron chi connectivity index (χ4n) is 7.55. The van der Waals surface area contributed by atoms with Gasteiger partial charge in [0.25, 0.3) is 0 Å². The summed E-state index contributed by atoms with van der Waals surface area (Å²) in [7, 11) is 0. The third kappa shape index (κ3) is 8.03. The van der Waals surface area contributed by atoms with Crippen LogP contribution < -0.4 is 0 Å². The topological polar surface area (TPSA) is 48.8 Å². The Labute approximate surface area is 339 Å². The standard InChI is InChI=1S/C27H25N2O.C22H25N2.Ir/c1-17(2)21-16-22(18(3)4)26-24(20-12-8-9-13-23(20)30-26)25(21)29-15-14-28-27(29)19-10-6-5-7-11-19;1-16(2)19-11-8-12-20(17(3)4)21(19)15-24-14-13-23-22(24)18-9-6-5-7-10-18;/h5-10,12-18H,1-4H3;5-9,11-14,16-17H,15H2,1-4H3;/q2*-1;. The molecule has 0 fully saturated rings. The molecule has 5 nitrogen and oxygen atoms in total. The quantitative estimate of drug-likeness (QED) is 0.136. The maximum atomic E-state index is 6.42. The van der Waals surface area contributed by atoms with Gasteiger partial charge in [0.1, 0.15) is 11.2 Å². The molecule has 0 spiro atoms. The number of para-hydroxylation sites is 1. The van der Waals surface area contributed by atoms with Crippen molar-refractivity contribution in [2.75, 3.05) is 0 Å². The molecular weight excluding hydrogens is 853 g/mol. The van der Waals surface area contributed by atoms with Gasteiger partial charge in [0, 0.05) is 56.8 Å². The first-order chi connectivity index (χ1) is 26.1. The molecule has 0 aliphatic heterocycles. The largest absolute Gasteiger partial charge is 0.456 e. The van der Waals surface area contributed by atoms with Gasteiger partial charge in [0.15, 0.2) is 0 Å². The molecule has 5 aromatic carbocycles. The van der Waals surface area contributed by atoms with Crippen molar-refractivity contribution >= 4 is 21.9 Å². The number of imidazole rings is 2. The molecule has 0 bridgehead atoms. The van der Waals surface area contributed by atoms with E-state index in [2.05, 4.69) is 142 Å². The maximum Gasteiger partial charge on any atom is 0.140 e. The normalized spacial score (nSPS) is 11.5. The molecule has 6 heteroatoms. The van der Waals surface area contributed by atoms with Crippen LogP contribution >= 0.6 is 0 Å². The van der Waals surface area contributed by atoms with Gasteiger partial charge < -0.3 is 13.6 Å². The molecule has 0 aliphatic rings. The minimum Gasteiger partial charge on any atom is -0.456 e. The van der Waals surface area contributed by atoms with E-state index in [1.54, 1.807) is 0 Å². The third-order valence-electron chi connectivity index (χ3n) is 10.2. The van der Waals surface area contributed by atoms with Crippen LogP contribution in [0.25, 0.3) is 50.4 Å². The fraction of sp³-hybridized carbons (Fsp3) is 0.265.